The van der Waals surface area contributed by atoms with Crippen LogP contribution in [0.5, 0.6) is 0 Å². The molecule has 2 unspecified atom stereocenters. The van der Waals surface area contributed by atoms with Crippen molar-refractivity contribution in [2.45, 2.75) is 58.1 Å². The smallest absolute Gasteiger partial charge is 0.0593 e. The first kappa shape index (κ1) is 18.9. The van der Waals surface area contributed by atoms with Gasteiger partial charge >= 0.3 is 0 Å². The lowest BCUT2D eigenvalue weighted by Crippen LogP contribution is -2.60. The monoisotopic (exact) mass is 299 g/mol. The first-order valence-electron chi connectivity index (χ1n) is 8.65. The van der Waals surface area contributed by atoms with E-state index in [2.05, 4.69) is 44.7 Å². The summed E-state index contributed by atoms with van der Waals surface area (Å²) in [6.07, 6.45) is 4.90. The Bertz CT molecular complexity index is 281. The fourth-order valence-electron chi connectivity index (χ4n) is 3.39. The van der Waals surface area contributed by atoms with Gasteiger partial charge in [0.2, 0.25) is 0 Å². The van der Waals surface area contributed by atoms with Crippen LogP contribution in [0.4, 0.5) is 0 Å². The summed E-state index contributed by atoms with van der Waals surface area (Å²) in [7, 11) is 4.29. The number of hydrogen-bond donors (Lipinski definition) is 1. The summed E-state index contributed by atoms with van der Waals surface area (Å²) >= 11 is 0. The number of ether oxygens (including phenoxy) is 1. The quantitative estimate of drug-likeness (QED) is 0.708. The third-order valence-electron chi connectivity index (χ3n) is 4.59. The molecule has 0 aromatic rings. The van der Waals surface area contributed by atoms with Crippen molar-refractivity contribution in [2.75, 3.05) is 46.9 Å². The maximum Gasteiger partial charge on any atom is 0.0593 e. The van der Waals surface area contributed by atoms with E-state index in [0.29, 0.717) is 12.0 Å². The van der Waals surface area contributed by atoms with E-state index in [1.54, 1.807) is 0 Å². The van der Waals surface area contributed by atoms with Gasteiger partial charge in [0.05, 0.1) is 6.10 Å². The normalized spacial score (nSPS) is 27.0. The Hall–Kier alpha value is -0.160. The maximum atomic E-state index is 6.27. The largest absolute Gasteiger partial charge is 0.378 e. The van der Waals surface area contributed by atoms with E-state index in [9.17, 15) is 0 Å². The topological polar surface area (TPSA) is 41.7 Å². The van der Waals surface area contributed by atoms with Gasteiger partial charge in [-0.1, -0.05) is 27.2 Å². The van der Waals surface area contributed by atoms with Crippen LogP contribution in [-0.4, -0.2) is 68.3 Å². The predicted molar refractivity (Wildman–Crippen MR) is 90.6 cm³/mol. The van der Waals surface area contributed by atoms with E-state index in [0.717, 1.165) is 52.0 Å². The van der Waals surface area contributed by atoms with E-state index >= 15 is 0 Å². The molecule has 1 fully saturated rings. The molecule has 2 atom stereocenters. The zero-order valence-corrected chi connectivity index (χ0v) is 14.9. The molecule has 4 nitrogen and oxygen atoms in total. The Morgan fingerprint density at radius 1 is 1.29 bits per heavy atom. The molecule has 0 aromatic carbocycles. The summed E-state index contributed by atoms with van der Waals surface area (Å²) in [5.41, 5.74) is 6.41. The van der Waals surface area contributed by atoms with Gasteiger partial charge < -0.3 is 15.4 Å². The van der Waals surface area contributed by atoms with Crippen LogP contribution in [0, 0.1) is 5.92 Å². The second kappa shape index (κ2) is 9.09. The van der Waals surface area contributed by atoms with Crippen molar-refractivity contribution in [1.82, 2.24) is 9.80 Å². The molecule has 4 heteroatoms. The van der Waals surface area contributed by atoms with Gasteiger partial charge in [-0.05, 0) is 39.3 Å². The molecule has 0 amide bonds. The number of rotatable bonds is 9. The van der Waals surface area contributed by atoms with E-state index in [1.165, 1.54) is 6.42 Å². The average Bonchev–Trinajstić information content (AvgIpc) is 2.43. The summed E-state index contributed by atoms with van der Waals surface area (Å²) in [6.45, 7) is 11.8. The molecule has 0 bridgehead atoms. The van der Waals surface area contributed by atoms with E-state index < -0.39 is 0 Å². The lowest BCUT2D eigenvalue weighted by molar-refractivity contribution is -0.0775. The van der Waals surface area contributed by atoms with Crippen molar-refractivity contribution >= 4 is 0 Å². The Kier molecular flexibility index (Phi) is 8.17. The van der Waals surface area contributed by atoms with Gasteiger partial charge in [-0.3, -0.25) is 4.90 Å². The molecule has 126 valence electrons. The van der Waals surface area contributed by atoms with Crippen LogP contribution in [0.1, 0.15) is 46.5 Å². The highest BCUT2D eigenvalue weighted by Gasteiger charge is 2.40. The highest BCUT2D eigenvalue weighted by atomic mass is 16.5. The van der Waals surface area contributed by atoms with Gasteiger partial charge in [0.1, 0.15) is 0 Å². The zero-order valence-electron chi connectivity index (χ0n) is 14.9. The molecular weight excluding hydrogens is 262 g/mol. The van der Waals surface area contributed by atoms with Gasteiger partial charge in [-0.2, -0.15) is 0 Å². The van der Waals surface area contributed by atoms with Crippen molar-refractivity contribution < 1.29 is 4.74 Å². The fraction of sp³-hybridized carbons (Fsp3) is 1.00. The van der Waals surface area contributed by atoms with Crippen LogP contribution >= 0.6 is 0 Å². The molecule has 0 aromatic heterocycles. The minimum atomic E-state index is 0.137. The minimum absolute atomic E-state index is 0.137. The molecule has 0 aliphatic carbocycles. The van der Waals surface area contributed by atoms with E-state index in [4.69, 9.17) is 10.5 Å². The third-order valence-corrected chi connectivity index (χ3v) is 4.59. The van der Waals surface area contributed by atoms with Crippen molar-refractivity contribution in [2.24, 2.45) is 11.7 Å². The van der Waals surface area contributed by atoms with E-state index in [1.807, 2.05) is 0 Å². The molecule has 1 rings (SSSR count). The molecular formula is C17H37N3O. The predicted octanol–water partition coefficient (Wildman–Crippen LogP) is 2.18. The van der Waals surface area contributed by atoms with Gasteiger partial charge in [-0.25, -0.2) is 0 Å². The molecule has 1 heterocycles. The number of nitrogens with two attached hydrogens (primary N) is 1. The van der Waals surface area contributed by atoms with Crippen LogP contribution in [0.2, 0.25) is 0 Å². The van der Waals surface area contributed by atoms with Gasteiger partial charge in [0, 0.05) is 38.3 Å². The first-order valence-corrected chi connectivity index (χ1v) is 8.65. The van der Waals surface area contributed by atoms with Gasteiger partial charge in [0.15, 0.2) is 0 Å². The summed E-state index contributed by atoms with van der Waals surface area (Å²) in [5, 5.41) is 0. The van der Waals surface area contributed by atoms with Crippen LogP contribution in [0.25, 0.3) is 0 Å². The second-order valence-corrected chi connectivity index (χ2v) is 7.31. The lowest BCUT2D eigenvalue weighted by Gasteiger charge is -2.49. The number of hydrogen-bond acceptors (Lipinski definition) is 4. The number of likely N-dealkylation sites (N-methyl/N-ethyl adjacent to an activating group) is 1. The molecule has 1 aliphatic heterocycles. The Morgan fingerprint density at radius 3 is 2.52 bits per heavy atom. The third kappa shape index (κ3) is 5.85. The summed E-state index contributed by atoms with van der Waals surface area (Å²) < 4.78 is 5.96. The molecule has 1 saturated heterocycles. The van der Waals surface area contributed by atoms with Crippen molar-refractivity contribution in [3.8, 4) is 0 Å². The molecule has 0 spiro atoms. The van der Waals surface area contributed by atoms with Gasteiger partial charge in [0.25, 0.3) is 0 Å². The van der Waals surface area contributed by atoms with Crippen molar-refractivity contribution in [3.63, 3.8) is 0 Å². The van der Waals surface area contributed by atoms with Gasteiger partial charge in [-0.15, -0.1) is 0 Å². The average molecular weight is 300 g/mol. The Balaban J connectivity index is 2.81. The Labute approximate surface area is 132 Å². The van der Waals surface area contributed by atoms with Crippen molar-refractivity contribution in [3.05, 3.63) is 0 Å². The summed E-state index contributed by atoms with van der Waals surface area (Å²) in [6, 6.07) is 0. The van der Waals surface area contributed by atoms with Crippen LogP contribution < -0.4 is 5.73 Å². The van der Waals surface area contributed by atoms with Crippen LogP contribution in [0.3, 0.4) is 0 Å². The lowest BCUT2D eigenvalue weighted by atomic mass is 9.83. The standard InChI is InChI=1S/C17H37N3O/c1-6-7-16-12-17(14-18,8-11-21-16)20(13-15(2)3)10-9-19(4)5/h15-16H,6-14,18H2,1-5H3. The molecule has 0 saturated carbocycles. The van der Waals surface area contributed by atoms with Crippen LogP contribution in [0.15, 0.2) is 0 Å². The maximum absolute atomic E-state index is 6.27. The summed E-state index contributed by atoms with van der Waals surface area (Å²) in [5.74, 6) is 0.669. The highest BCUT2D eigenvalue weighted by Crippen LogP contribution is 2.32. The molecule has 21 heavy (non-hydrogen) atoms. The highest BCUT2D eigenvalue weighted by molar-refractivity contribution is 4.97. The van der Waals surface area contributed by atoms with Crippen LogP contribution in [-0.2, 0) is 4.74 Å². The van der Waals surface area contributed by atoms with E-state index in [-0.39, 0.29) is 5.54 Å². The second-order valence-electron chi connectivity index (χ2n) is 7.31. The summed E-state index contributed by atoms with van der Waals surface area (Å²) in [4.78, 5) is 4.92. The first-order chi connectivity index (χ1) is 9.93. The SMILES string of the molecule is CCCC1CC(CN)(N(CCN(C)C)CC(C)C)CCO1. The number of nitrogens with zero attached hydrogens (tertiary/aromatic N) is 2. The Morgan fingerprint density at radius 2 is 2.00 bits per heavy atom. The minimum Gasteiger partial charge on any atom is -0.378 e. The zero-order chi connectivity index (χ0) is 15.9. The van der Waals surface area contributed by atoms with Crippen molar-refractivity contribution in [1.29, 1.82) is 0 Å². The fourth-order valence-corrected chi connectivity index (χ4v) is 3.39. The molecule has 2 N–H and O–H groups in total. The molecule has 0 radical (unpaired) electrons. The molecule has 1 aliphatic rings.